The molecule has 0 heterocycles. The van der Waals surface area contributed by atoms with Crippen LogP contribution in [0.2, 0.25) is 0 Å². The molecule has 0 spiro atoms. The average Bonchev–Trinajstić information content (AvgIpc) is 2.53. The number of nitrogens with two attached hydrogens (primary N) is 1. The maximum absolute atomic E-state index is 12.4. The van der Waals surface area contributed by atoms with E-state index in [1.807, 2.05) is 0 Å². The monoisotopic (exact) mass is 386 g/mol. The van der Waals surface area contributed by atoms with Gasteiger partial charge >= 0.3 is 5.97 Å². The molecule has 0 aliphatic rings. The Kier molecular flexibility index (Phi) is 10.5. The van der Waals surface area contributed by atoms with Gasteiger partial charge in [-0.3, -0.25) is 29.3 Å². The van der Waals surface area contributed by atoms with Crippen LogP contribution >= 0.6 is 0 Å². The van der Waals surface area contributed by atoms with Crippen LogP contribution in [-0.2, 0) is 28.8 Å². The van der Waals surface area contributed by atoms with Crippen LogP contribution in [0.5, 0.6) is 0 Å². The lowest BCUT2D eigenvalue weighted by atomic mass is 10.0. The summed E-state index contributed by atoms with van der Waals surface area (Å²) >= 11 is 0. The summed E-state index contributed by atoms with van der Waals surface area (Å²) in [5.41, 5.74) is 4.99. The molecule has 0 aliphatic heterocycles. The maximum Gasteiger partial charge on any atom is 0.305 e. The van der Waals surface area contributed by atoms with E-state index in [1.165, 1.54) is 6.92 Å². The van der Waals surface area contributed by atoms with Crippen molar-refractivity contribution < 1.29 is 33.9 Å². The second-order valence-corrected chi connectivity index (χ2v) is 6.39. The molecule has 6 N–H and O–H groups in total. The molecule has 0 fully saturated rings. The molecule has 3 atom stereocenters. The van der Waals surface area contributed by atoms with Crippen molar-refractivity contribution in [2.45, 2.75) is 51.7 Å². The number of primary amides is 1. The van der Waals surface area contributed by atoms with Gasteiger partial charge in [-0.15, -0.1) is 0 Å². The Balaban J connectivity index is 5.16. The first-order valence-electron chi connectivity index (χ1n) is 8.26. The summed E-state index contributed by atoms with van der Waals surface area (Å²) in [6.45, 7) is 4.31. The molecule has 0 rings (SSSR count). The predicted molar refractivity (Wildman–Crippen MR) is 93.3 cm³/mol. The summed E-state index contributed by atoms with van der Waals surface area (Å²) < 4.78 is 0. The molecular formula is C16H26N4O7. The van der Waals surface area contributed by atoms with Crippen molar-refractivity contribution in [2.75, 3.05) is 6.54 Å². The summed E-state index contributed by atoms with van der Waals surface area (Å²) in [4.78, 5) is 68.6. The Bertz CT molecular complexity index is 591. The molecule has 11 nitrogen and oxygen atoms in total. The van der Waals surface area contributed by atoms with Crippen molar-refractivity contribution >= 4 is 35.8 Å². The molecule has 0 saturated carbocycles. The third-order valence-corrected chi connectivity index (χ3v) is 3.45. The number of hydrogen-bond donors (Lipinski definition) is 5. The van der Waals surface area contributed by atoms with Crippen LogP contribution in [-0.4, -0.2) is 65.5 Å². The summed E-state index contributed by atoms with van der Waals surface area (Å²) in [6.07, 6.45) is -0.635. The molecule has 0 saturated heterocycles. The minimum atomic E-state index is -1.26. The number of ketones is 1. The van der Waals surface area contributed by atoms with Crippen LogP contribution in [0.3, 0.4) is 0 Å². The molecule has 0 aromatic carbocycles. The van der Waals surface area contributed by atoms with E-state index >= 15 is 0 Å². The number of aldehydes is 1. The zero-order valence-electron chi connectivity index (χ0n) is 15.5. The lowest BCUT2D eigenvalue weighted by Gasteiger charge is -2.25. The fraction of sp³-hybridized carbons (Fsp3) is 0.625. The molecule has 0 bridgehead atoms. The van der Waals surface area contributed by atoms with Gasteiger partial charge in [0.2, 0.25) is 17.7 Å². The third kappa shape index (κ3) is 10.0. The van der Waals surface area contributed by atoms with Gasteiger partial charge in [0.05, 0.1) is 31.5 Å². The second kappa shape index (κ2) is 11.7. The quantitative estimate of drug-likeness (QED) is 0.219. The summed E-state index contributed by atoms with van der Waals surface area (Å²) in [5.74, 6) is -4.26. The van der Waals surface area contributed by atoms with E-state index in [0.717, 1.165) is 0 Å². The van der Waals surface area contributed by atoms with Crippen LogP contribution < -0.4 is 21.7 Å². The number of amides is 3. The fourth-order valence-electron chi connectivity index (χ4n) is 2.11. The number of carbonyl (C=O) groups is 6. The van der Waals surface area contributed by atoms with E-state index in [0.29, 0.717) is 6.29 Å². The highest BCUT2D eigenvalue weighted by atomic mass is 16.4. The summed E-state index contributed by atoms with van der Waals surface area (Å²) in [6, 6.07) is -3.46. The normalized spacial score (nSPS) is 13.9. The Morgan fingerprint density at radius 1 is 1.04 bits per heavy atom. The van der Waals surface area contributed by atoms with Crippen LogP contribution in [0.25, 0.3) is 0 Å². The lowest BCUT2D eigenvalue weighted by Crippen LogP contribution is -2.57. The minimum absolute atomic E-state index is 0.213. The molecule has 152 valence electrons. The zero-order valence-corrected chi connectivity index (χ0v) is 15.5. The third-order valence-electron chi connectivity index (χ3n) is 3.45. The maximum atomic E-state index is 12.4. The highest BCUT2D eigenvalue weighted by Gasteiger charge is 2.30. The van der Waals surface area contributed by atoms with E-state index in [4.69, 9.17) is 10.8 Å². The Hall–Kier alpha value is -2.82. The molecule has 0 aromatic rings. The molecule has 11 heteroatoms. The van der Waals surface area contributed by atoms with Crippen molar-refractivity contribution in [3.05, 3.63) is 0 Å². The molecule has 27 heavy (non-hydrogen) atoms. The van der Waals surface area contributed by atoms with E-state index < -0.39 is 60.6 Å². The second-order valence-electron chi connectivity index (χ2n) is 6.39. The minimum Gasteiger partial charge on any atom is -0.481 e. The van der Waals surface area contributed by atoms with Crippen LogP contribution in [0.1, 0.15) is 33.6 Å². The van der Waals surface area contributed by atoms with Gasteiger partial charge in [0, 0.05) is 0 Å². The van der Waals surface area contributed by atoms with Crippen LogP contribution in [0.15, 0.2) is 0 Å². The van der Waals surface area contributed by atoms with E-state index in [-0.39, 0.29) is 12.3 Å². The average molecular weight is 386 g/mol. The first-order valence-corrected chi connectivity index (χ1v) is 8.26. The van der Waals surface area contributed by atoms with Gasteiger partial charge in [-0.25, -0.2) is 0 Å². The van der Waals surface area contributed by atoms with Crippen molar-refractivity contribution in [3.63, 3.8) is 0 Å². The zero-order chi connectivity index (χ0) is 21.1. The van der Waals surface area contributed by atoms with Gasteiger partial charge in [-0.1, -0.05) is 13.8 Å². The number of carbonyl (C=O) groups excluding carboxylic acids is 5. The summed E-state index contributed by atoms with van der Waals surface area (Å²) in [7, 11) is 0. The van der Waals surface area contributed by atoms with Gasteiger partial charge in [-0.2, -0.15) is 0 Å². The molecule has 3 amide bonds. The van der Waals surface area contributed by atoms with Crippen LogP contribution in [0.4, 0.5) is 0 Å². The molecular weight excluding hydrogens is 360 g/mol. The molecule has 0 aromatic heterocycles. The Labute approximate surface area is 156 Å². The van der Waals surface area contributed by atoms with Gasteiger partial charge in [0.25, 0.3) is 0 Å². The summed E-state index contributed by atoms with van der Waals surface area (Å²) in [5, 5.41) is 16.1. The number of hydrogen-bond acceptors (Lipinski definition) is 7. The SMILES string of the molecule is CC(=O)CN[C@@H](CC(=O)O)C(=O)N[C@H](C(=O)N[C@H](C=O)CC(N)=O)C(C)C. The molecule has 0 unspecified atom stereocenters. The van der Waals surface area contributed by atoms with E-state index in [1.54, 1.807) is 13.8 Å². The number of rotatable bonds is 13. The molecule has 0 radical (unpaired) electrons. The highest BCUT2D eigenvalue weighted by Crippen LogP contribution is 2.05. The topological polar surface area (TPSA) is 185 Å². The highest BCUT2D eigenvalue weighted by molar-refractivity contribution is 5.93. The van der Waals surface area contributed by atoms with Crippen molar-refractivity contribution in [3.8, 4) is 0 Å². The number of carboxylic acids is 1. The van der Waals surface area contributed by atoms with Gasteiger partial charge in [-0.05, 0) is 12.8 Å². The number of aliphatic carboxylic acids is 1. The predicted octanol–water partition coefficient (Wildman–Crippen LogP) is -2.29. The van der Waals surface area contributed by atoms with Crippen molar-refractivity contribution in [2.24, 2.45) is 11.7 Å². The Morgan fingerprint density at radius 3 is 2.04 bits per heavy atom. The van der Waals surface area contributed by atoms with Gasteiger partial charge in [0.15, 0.2) is 0 Å². The fourth-order valence-corrected chi connectivity index (χ4v) is 2.11. The number of nitrogens with one attached hydrogen (secondary N) is 3. The number of carboxylic acid groups (broad SMARTS) is 1. The largest absolute Gasteiger partial charge is 0.481 e. The van der Waals surface area contributed by atoms with E-state index in [9.17, 15) is 28.8 Å². The first-order chi connectivity index (χ1) is 12.5. The van der Waals surface area contributed by atoms with E-state index in [2.05, 4.69) is 16.0 Å². The molecule has 0 aliphatic carbocycles. The Morgan fingerprint density at radius 2 is 1.63 bits per heavy atom. The van der Waals surface area contributed by atoms with Crippen molar-refractivity contribution in [1.82, 2.24) is 16.0 Å². The van der Waals surface area contributed by atoms with Gasteiger partial charge < -0.3 is 26.3 Å². The first kappa shape index (κ1) is 24.2. The van der Waals surface area contributed by atoms with Crippen LogP contribution in [0, 0.1) is 5.92 Å². The van der Waals surface area contributed by atoms with Gasteiger partial charge in [0.1, 0.15) is 18.1 Å². The lowest BCUT2D eigenvalue weighted by molar-refractivity contribution is -0.140. The number of Topliss-reactive ketones (excluding diaryl/α,β-unsaturated/α-hetero) is 1. The smallest absolute Gasteiger partial charge is 0.305 e. The standard InChI is InChI=1S/C16H26N4O7/c1-8(2)14(16(27)19-10(7-21)4-12(17)23)20-15(26)11(5-13(24)25)18-6-9(3)22/h7-8,10-11,14,18H,4-6H2,1-3H3,(H2,17,23)(H,19,27)(H,20,26)(H,24,25)/t10-,11-,14-/m0/s1. The van der Waals surface area contributed by atoms with Crippen molar-refractivity contribution in [1.29, 1.82) is 0 Å².